The number of benzene rings is 1. The molecule has 1 aromatic carbocycles. The van der Waals surface area contributed by atoms with Crippen LogP contribution < -0.4 is 5.32 Å². The average molecular weight is 322 g/mol. The SMILES string of the molecule is Cc1cc(-c2cccc(C(=O)O)c2)n2nc(C3CCCN3)cc2n1. The van der Waals surface area contributed by atoms with Crippen LogP contribution >= 0.6 is 0 Å². The van der Waals surface area contributed by atoms with E-state index < -0.39 is 5.97 Å². The van der Waals surface area contributed by atoms with E-state index in [9.17, 15) is 9.90 Å². The third-order valence-electron chi connectivity index (χ3n) is 4.40. The van der Waals surface area contributed by atoms with Gasteiger partial charge in [-0.15, -0.1) is 0 Å². The van der Waals surface area contributed by atoms with Gasteiger partial charge in [-0.3, -0.25) is 0 Å². The molecule has 1 aliphatic rings. The second-order valence-corrected chi connectivity index (χ2v) is 6.16. The fourth-order valence-electron chi connectivity index (χ4n) is 3.24. The summed E-state index contributed by atoms with van der Waals surface area (Å²) < 4.78 is 1.81. The van der Waals surface area contributed by atoms with E-state index in [1.165, 1.54) is 0 Å². The minimum atomic E-state index is -0.935. The normalized spacial score (nSPS) is 17.5. The molecule has 1 fully saturated rings. The van der Waals surface area contributed by atoms with E-state index in [2.05, 4.69) is 10.3 Å². The van der Waals surface area contributed by atoms with Gasteiger partial charge in [-0.25, -0.2) is 14.3 Å². The topological polar surface area (TPSA) is 79.5 Å². The van der Waals surface area contributed by atoms with Gasteiger partial charge in [-0.2, -0.15) is 5.10 Å². The second-order valence-electron chi connectivity index (χ2n) is 6.16. The summed E-state index contributed by atoms with van der Waals surface area (Å²) in [5.41, 5.74) is 4.59. The fraction of sp³-hybridized carbons (Fsp3) is 0.278. The first-order chi connectivity index (χ1) is 11.6. The Kier molecular flexibility index (Phi) is 3.54. The molecule has 24 heavy (non-hydrogen) atoms. The molecule has 1 atom stereocenters. The lowest BCUT2D eigenvalue weighted by Gasteiger charge is -2.08. The average Bonchev–Trinajstić information content (AvgIpc) is 3.23. The highest BCUT2D eigenvalue weighted by molar-refractivity contribution is 5.89. The molecule has 3 aromatic rings. The van der Waals surface area contributed by atoms with Gasteiger partial charge in [0.05, 0.1) is 23.0 Å². The Hall–Kier alpha value is -2.73. The summed E-state index contributed by atoms with van der Waals surface area (Å²) in [4.78, 5) is 15.8. The Balaban J connectivity index is 1.88. The maximum absolute atomic E-state index is 11.3. The van der Waals surface area contributed by atoms with Crippen LogP contribution in [0.25, 0.3) is 16.9 Å². The molecule has 3 heterocycles. The minimum Gasteiger partial charge on any atom is -0.478 e. The number of carboxylic acids is 1. The Bertz CT molecular complexity index is 926. The van der Waals surface area contributed by atoms with E-state index in [4.69, 9.17) is 5.10 Å². The van der Waals surface area contributed by atoms with Crippen LogP contribution in [-0.4, -0.2) is 32.2 Å². The van der Waals surface area contributed by atoms with Crippen LogP contribution in [-0.2, 0) is 0 Å². The van der Waals surface area contributed by atoms with Crippen molar-refractivity contribution in [3.05, 3.63) is 53.3 Å². The molecule has 0 saturated carbocycles. The monoisotopic (exact) mass is 322 g/mol. The summed E-state index contributed by atoms with van der Waals surface area (Å²) in [6, 6.07) is 11.1. The predicted octanol–water partition coefficient (Wildman–Crippen LogP) is 2.83. The molecule has 1 aliphatic heterocycles. The van der Waals surface area contributed by atoms with Crippen molar-refractivity contribution in [2.24, 2.45) is 0 Å². The minimum absolute atomic E-state index is 0.264. The molecule has 0 bridgehead atoms. The van der Waals surface area contributed by atoms with Gasteiger partial charge >= 0.3 is 5.97 Å². The number of aryl methyl sites for hydroxylation is 1. The lowest BCUT2D eigenvalue weighted by molar-refractivity contribution is 0.0697. The number of aromatic nitrogens is 3. The van der Waals surface area contributed by atoms with Crippen molar-refractivity contribution in [3.8, 4) is 11.3 Å². The Morgan fingerprint density at radius 1 is 1.33 bits per heavy atom. The van der Waals surface area contributed by atoms with Gasteiger partial charge in [0.25, 0.3) is 0 Å². The first kappa shape index (κ1) is 14.8. The van der Waals surface area contributed by atoms with Crippen LogP contribution in [0, 0.1) is 6.92 Å². The second kappa shape index (κ2) is 5.72. The molecule has 2 N–H and O–H groups in total. The van der Waals surface area contributed by atoms with Gasteiger partial charge in [0.2, 0.25) is 0 Å². The number of nitrogens with one attached hydrogen (secondary N) is 1. The molecule has 6 heteroatoms. The third-order valence-corrected chi connectivity index (χ3v) is 4.40. The number of carbonyl (C=O) groups is 1. The summed E-state index contributed by atoms with van der Waals surface area (Å²) in [5, 5.41) is 17.4. The largest absolute Gasteiger partial charge is 0.478 e. The smallest absolute Gasteiger partial charge is 0.335 e. The van der Waals surface area contributed by atoms with Crippen LogP contribution in [0.1, 0.15) is 40.6 Å². The highest BCUT2D eigenvalue weighted by atomic mass is 16.4. The number of hydrogen-bond donors (Lipinski definition) is 2. The van der Waals surface area contributed by atoms with Crippen LogP contribution in [0.3, 0.4) is 0 Å². The van der Waals surface area contributed by atoms with E-state index >= 15 is 0 Å². The highest BCUT2D eigenvalue weighted by Gasteiger charge is 2.20. The number of nitrogens with zero attached hydrogens (tertiary/aromatic N) is 3. The van der Waals surface area contributed by atoms with Gasteiger partial charge in [-0.05, 0) is 44.5 Å². The molecule has 0 aliphatic carbocycles. The number of rotatable bonds is 3. The number of carboxylic acid groups (broad SMARTS) is 1. The summed E-state index contributed by atoms with van der Waals surface area (Å²) in [7, 11) is 0. The summed E-state index contributed by atoms with van der Waals surface area (Å²) >= 11 is 0. The summed E-state index contributed by atoms with van der Waals surface area (Å²) in [5.74, 6) is -0.935. The van der Waals surface area contributed by atoms with Crippen LogP contribution in [0.2, 0.25) is 0 Å². The molecule has 1 saturated heterocycles. The van der Waals surface area contributed by atoms with Gasteiger partial charge in [0.1, 0.15) is 0 Å². The Morgan fingerprint density at radius 2 is 2.21 bits per heavy atom. The number of fused-ring (bicyclic) bond motifs is 1. The molecule has 122 valence electrons. The molecule has 0 radical (unpaired) electrons. The van der Waals surface area contributed by atoms with Crippen LogP contribution in [0.15, 0.2) is 36.4 Å². The molecular formula is C18H18N4O2. The van der Waals surface area contributed by atoms with Crippen molar-refractivity contribution in [1.29, 1.82) is 0 Å². The van der Waals surface area contributed by atoms with Gasteiger partial charge in [0.15, 0.2) is 5.65 Å². The molecule has 2 aromatic heterocycles. The van der Waals surface area contributed by atoms with E-state index in [0.717, 1.165) is 47.7 Å². The lowest BCUT2D eigenvalue weighted by Crippen LogP contribution is -2.13. The molecule has 6 nitrogen and oxygen atoms in total. The van der Waals surface area contributed by atoms with E-state index in [1.54, 1.807) is 18.2 Å². The Labute approximate surface area is 139 Å². The van der Waals surface area contributed by atoms with Crippen molar-refractivity contribution < 1.29 is 9.90 Å². The van der Waals surface area contributed by atoms with E-state index in [1.807, 2.05) is 29.6 Å². The Morgan fingerprint density at radius 3 is 2.96 bits per heavy atom. The molecule has 0 amide bonds. The predicted molar refractivity (Wildman–Crippen MR) is 90.1 cm³/mol. The van der Waals surface area contributed by atoms with Gasteiger partial charge in [0, 0.05) is 17.3 Å². The molecular weight excluding hydrogens is 304 g/mol. The number of aromatic carboxylic acids is 1. The lowest BCUT2D eigenvalue weighted by atomic mass is 10.1. The van der Waals surface area contributed by atoms with Gasteiger partial charge in [-0.1, -0.05) is 12.1 Å². The fourth-order valence-corrected chi connectivity index (χ4v) is 3.24. The summed E-state index contributed by atoms with van der Waals surface area (Å²) in [6.07, 6.45) is 2.23. The van der Waals surface area contributed by atoms with Crippen molar-refractivity contribution in [3.63, 3.8) is 0 Å². The third kappa shape index (κ3) is 2.55. The standard InChI is InChI=1S/C18H18N4O2/c1-11-8-16(12-4-2-5-13(9-12)18(23)24)22-17(20-11)10-15(21-22)14-6-3-7-19-14/h2,4-5,8-10,14,19H,3,6-7H2,1H3,(H,23,24). The zero-order chi connectivity index (χ0) is 16.7. The van der Waals surface area contributed by atoms with Gasteiger partial charge < -0.3 is 10.4 Å². The zero-order valence-corrected chi connectivity index (χ0v) is 13.4. The summed E-state index contributed by atoms with van der Waals surface area (Å²) in [6.45, 7) is 2.95. The number of hydrogen-bond acceptors (Lipinski definition) is 4. The molecule has 1 unspecified atom stereocenters. The van der Waals surface area contributed by atoms with Crippen molar-refractivity contribution in [2.75, 3.05) is 6.54 Å². The van der Waals surface area contributed by atoms with E-state index in [-0.39, 0.29) is 11.6 Å². The van der Waals surface area contributed by atoms with Crippen molar-refractivity contribution >= 4 is 11.6 Å². The maximum Gasteiger partial charge on any atom is 0.335 e. The van der Waals surface area contributed by atoms with Crippen LogP contribution in [0.5, 0.6) is 0 Å². The first-order valence-corrected chi connectivity index (χ1v) is 8.06. The first-order valence-electron chi connectivity index (χ1n) is 8.06. The molecule has 0 spiro atoms. The van der Waals surface area contributed by atoms with Crippen LogP contribution in [0.4, 0.5) is 0 Å². The van der Waals surface area contributed by atoms with Crippen molar-refractivity contribution in [2.45, 2.75) is 25.8 Å². The van der Waals surface area contributed by atoms with Crippen molar-refractivity contribution in [1.82, 2.24) is 19.9 Å². The maximum atomic E-state index is 11.3. The molecule has 4 rings (SSSR count). The quantitative estimate of drug-likeness (QED) is 0.775. The van der Waals surface area contributed by atoms with E-state index in [0.29, 0.717) is 0 Å². The highest BCUT2D eigenvalue weighted by Crippen LogP contribution is 2.26. The zero-order valence-electron chi connectivity index (χ0n) is 13.4.